The number of nitrogens with zero attached hydrogens (tertiary/aromatic N) is 1. The Kier molecular flexibility index (Phi) is 6.30. The molecule has 2 rings (SSSR count). The quantitative estimate of drug-likeness (QED) is 0.827. The van der Waals surface area contributed by atoms with Crippen LogP contribution in [0.15, 0.2) is 0 Å². The van der Waals surface area contributed by atoms with Crippen molar-refractivity contribution in [2.75, 3.05) is 32.8 Å². The summed E-state index contributed by atoms with van der Waals surface area (Å²) in [5, 5.41) is 2.98. The number of morpholine rings is 1. The molecule has 1 aliphatic carbocycles. The number of nitrogens with one attached hydrogen (secondary N) is 1. The lowest BCUT2D eigenvalue weighted by molar-refractivity contribution is -0.137. The van der Waals surface area contributed by atoms with Gasteiger partial charge in [0, 0.05) is 32.5 Å². The summed E-state index contributed by atoms with van der Waals surface area (Å²) in [6.45, 7) is 3.31. The molecule has 5 heteroatoms. The molecule has 2 amide bonds. The summed E-state index contributed by atoms with van der Waals surface area (Å²) < 4.78 is 5.21. The van der Waals surface area contributed by atoms with Crippen molar-refractivity contribution >= 4 is 11.8 Å². The highest BCUT2D eigenvalue weighted by Gasteiger charge is 2.18. The zero-order chi connectivity index (χ0) is 14.2. The fourth-order valence-corrected chi connectivity index (χ4v) is 2.93. The number of hydrogen-bond donors (Lipinski definition) is 1. The van der Waals surface area contributed by atoms with E-state index in [0.29, 0.717) is 45.1 Å². The Hall–Kier alpha value is -1.10. The van der Waals surface area contributed by atoms with Crippen molar-refractivity contribution in [3.8, 4) is 0 Å². The number of rotatable bonds is 5. The Morgan fingerprint density at radius 2 is 1.75 bits per heavy atom. The molecule has 0 spiro atoms. The van der Waals surface area contributed by atoms with E-state index >= 15 is 0 Å². The molecule has 0 aromatic heterocycles. The minimum atomic E-state index is 0.0113. The predicted molar refractivity (Wildman–Crippen MR) is 76.2 cm³/mol. The van der Waals surface area contributed by atoms with Gasteiger partial charge in [0.15, 0.2) is 0 Å². The monoisotopic (exact) mass is 282 g/mol. The summed E-state index contributed by atoms with van der Waals surface area (Å²) >= 11 is 0. The molecule has 0 bridgehead atoms. The minimum absolute atomic E-state index is 0.0113. The first-order valence-corrected chi connectivity index (χ1v) is 7.88. The Labute approximate surface area is 121 Å². The van der Waals surface area contributed by atoms with Crippen molar-refractivity contribution in [3.63, 3.8) is 0 Å². The van der Waals surface area contributed by atoms with Crippen LogP contribution >= 0.6 is 0 Å². The van der Waals surface area contributed by atoms with Crippen molar-refractivity contribution < 1.29 is 14.3 Å². The maximum atomic E-state index is 11.9. The van der Waals surface area contributed by atoms with Crippen molar-refractivity contribution in [3.05, 3.63) is 0 Å². The molecule has 1 saturated heterocycles. The number of carbonyl (C=O) groups excluding carboxylic acids is 2. The van der Waals surface area contributed by atoms with Crippen LogP contribution in [-0.2, 0) is 14.3 Å². The molecule has 0 aromatic carbocycles. The molecule has 0 atom stereocenters. The third-order valence-corrected chi connectivity index (χ3v) is 4.24. The minimum Gasteiger partial charge on any atom is -0.378 e. The maximum Gasteiger partial charge on any atom is 0.223 e. The molecule has 2 aliphatic rings. The normalized spacial score (nSPS) is 20.7. The first kappa shape index (κ1) is 15.3. The average Bonchev–Trinajstić information content (AvgIpc) is 2.52. The predicted octanol–water partition coefficient (Wildman–Crippen LogP) is 1.32. The molecule has 1 heterocycles. The number of ether oxygens (including phenoxy) is 1. The van der Waals surface area contributed by atoms with Gasteiger partial charge in [-0.15, -0.1) is 0 Å². The van der Waals surface area contributed by atoms with Gasteiger partial charge in [0.25, 0.3) is 0 Å². The van der Waals surface area contributed by atoms with Crippen LogP contribution in [0.25, 0.3) is 0 Å². The maximum absolute atomic E-state index is 11.9. The smallest absolute Gasteiger partial charge is 0.223 e. The third kappa shape index (κ3) is 5.12. The van der Waals surface area contributed by atoms with Crippen LogP contribution in [0.1, 0.15) is 44.9 Å². The van der Waals surface area contributed by atoms with Gasteiger partial charge in [0.1, 0.15) is 0 Å². The Morgan fingerprint density at radius 3 is 2.45 bits per heavy atom. The van der Waals surface area contributed by atoms with Crippen molar-refractivity contribution in [1.29, 1.82) is 0 Å². The summed E-state index contributed by atoms with van der Waals surface area (Å²) in [7, 11) is 0. The van der Waals surface area contributed by atoms with E-state index < -0.39 is 0 Å². The van der Waals surface area contributed by atoms with Crippen molar-refractivity contribution in [1.82, 2.24) is 10.2 Å². The molecule has 1 aliphatic heterocycles. The van der Waals surface area contributed by atoms with Crippen LogP contribution in [0, 0.1) is 5.92 Å². The van der Waals surface area contributed by atoms with Gasteiger partial charge in [-0.2, -0.15) is 0 Å². The van der Waals surface area contributed by atoms with Gasteiger partial charge in [0.05, 0.1) is 13.2 Å². The Balaban J connectivity index is 1.58. The lowest BCUT2D eigenvalue weighted by Gasteiger charge is -2.26. The Morgan fingerprint density at radius 1 is 1.05 bits per heavy atom. The molecule has 0 unspecified atom stereocenters. The van der Waals surface area contributed by atoms with Gasteiger partial charge in [-0.05, 0) is 18.8 Å². The van der Waals surface area contributed by atoms with Gasteiger partial charge in [0.2, 0.25) is 11.8 Å². The SMILES string of the molecule is O=C(CCC(=O)N1CCOCC1)NCC1CCCCC1. The van der Waals surface area contributed by atoms with E-state index in [9.17, 15) is 9.59 Å². The highest BCUT2D eigenvalue weighted by atomic mass is 16.5. The van der Waals surface area contributed by atoms with E-state index in [1.54, 1.807) is 4.90 Å². The lowest BCUT2D eigenvalue weighted by Crippen LogP contribution is -2.41. The van der Waals surface area contributed by atoms with Gasteiger partial charge >= 0.3 is 0 Å². The van der Waals surface area contributed by atoms with E-state index in [2.05, 4.69) is 5.32 Å². The van der Waals surface area contributed by atoms with Crippen LogP contribution in [0.2, 0.25) is 0 Å². The van der Waals surface area contributed by atoms with E-state index in [0.717, 1.165) is 6.54 Å². The highest BCUT2D eigenvalue weighted by Crippen LogP contribution is 2.22. The fraction of sp³-hybridized carbons (Fsp3) is 0.867. The summed E-state index contributed by atoms with van der Waals surface area (Å²) in [5.41, 5.74) is 0. The second kappa shape index (κ2) is 8.25. The molecule has 1 N–H and O–H groups in total. The summed E-state index contributed by atoms with van der Waals surface area (Å²) in [6.07, 6.45) is 6.99. The average molecular weight is 282 g/mol. The van der Waals surface area contributed by atoms with Crippen LogP contribution < -0.4 is 5.32 Å². The molecule has 1 saturated carbocycles. The van der Waals surface area contributed by atoms with Gasteiger partial charge < -0.3 is 15.0 Å². The zero-order valence-corrected chi connectivity index (χ0v) is 12.2. The standard InChI is InChI=1S/C15H26N2O3/c18-14(16-12-13-4-2-1-3-5-13)6-7-15(19)17-8-10-20-11-9-17/h13H,1-12H2,(H,16,18). The zero-order valence-electron chi connectivity index (χ0n) is 12.2. The first-order chi connectivity index (χ1) is 9.75. The second-order valence-electron chi connectivity index (χ2n) is 5.80. The first-order valence-electron chi connectivity index (χ1n) is 7.88. The van der Waals surface area contributed by atoms with E-state index in [4.69, 9.17) is 4.74 Å². The molecule has 2 fully saturated rings. The van der Waals surface area contributed by atoms with Crippen molar-refractivity contribution in [2.45, 2.75) is 44.9 Å². The van der Waals surface area contributed by atoms with E-state index in [1.165, 1.54) is 32.1 Å². The largest absolute Gasteiger partial charge is 0.378 e. The topological polar surface area (TPSA) is 58.6 Å². The van der Waals surface area contributed by atoms with Crippen LogP contribution in [0.5, 0.6) is 0 Å². The molecule has 5 nitrogen and oxygen atoms in total. The molecule has 0 radical (unpaired) electrons. The van der Waals surface area contributed by atoms with Gasteiger partial charge in [-0.1, -0.05) is 19.3 Å². The molecular formula is C15H26N2O3. The summed E-state index contributed by atoms with van der Waals surface area (Å²) in [6, 6.07) is 0. The molecular weight excluding hydrogens is 256 g/mol. The van der Waals surface area contributed by atoms with Crippen LogP contribution in [-0.4, -0.2) is 49.6 Å². The van der Waals surface area contributed by atoms with Crippen LogP contribution in [0.4, 0.5) is 0 Å². The number of amides is 2. The molecule has 0 aromatic rings. The molecule has 20 heavy (non-hydrogen) atoms. The molecule has 114 valence electrons. The highest BCUT2D eigenvalue weighted by molar-refractivity contribution is 5.83. The summed E-state index contributed by atoms with van der Waals surface area (Å²) in [4.78, 5) is 25.5. The number of carbonyl (C=O) groups is 2. The van der Waals surface area contributed by atoms with E-state index in [1.807, 2.05) is 0 Å². The fourth-order valence-electron chi connectivity index (χ4n) is 2.93. The van der Waals surface area contributed by atoms with Crippen molar-refractivity contribution in [2.24, 2.45) is 5.92 Å². The Bertz CT molecular complexity index is 321. The number of hydrogen-bond acceptors (Lipinski definition) is 3. The van der Waals surface area contributed by atoms with Gasteiger partial charge in [-0.25, -0.2) is 0 Å². The van der Waals surface area contributed by atoms with Crippen LogP contribution in [0.3, 0.4) is 0 Å². The lowest BCUT2D eigenvalue weighted by atomic mass is 9.89. The second-order valence-corrected chi connectivity index (χ2v) is 5.80. The van der Waals surface area contributed by atoms with E-state index in [-0.39, 0.29) is 11.8 Å². The van der Waals surface area contributed by atoms with Gasteiger partial charge in [-0.3, -0.25) is 9.59 Å². The third-order valence-electron chi connectivity index (χ3n) is 4.24. The summed E-state index contributed by atoms with van der Waals surface area (Å²) in [5.74, 6) is 0.723.